The summed E-state index contributed by atoms with van der Waals surface area (Å²) in [6.07, 6.45) is 9.60. The molecule has 23 heavy (non-hydrogen) atoms. The molecule has 1 unspecified atom stereocenters. The zero-order valence-electron chi connectivity index (χ0n) is 14.6. The van der Waals surface area contributed by atoms with E-state index >= 15 is 0 Å². The summed E-state index contributed by atoms with van der Waals surface area (Å²) in [5.41, 5.74) is 1.82. The lowest BCUT2D eigenvalue weighted by Crippen LogP contribution is -2.48. The molecule has 126 valence electrons. The highest BCUT2D eigenvalue weighted by molar-refractivity contribution is 5.27. The Bertz CT molecular complexity index is 498. The van der Waals surface area contributed by atoms with Gasteiger partial charge in [0.25, 0.3) is 0 Å². The molecule has 2 heteroatoms. The second kappa shape index (κ2) is 6.12. The maximum absolute atomic E-state index is 6.17. The number of benzene rings is 1. The summed E-state index contributed by atoms with van der Waals surface area (Å²) in [5.74, 6) is 3.88. The van der Waals surface area contributed by atoms with E-state index in [9.17, 15) is 0 Å². The van der Waals surface area contributed by atoms with Crippen LogP contribution < -0.4 is 4.74 Å². The molecule has 4 bridgehead atoms. The molecule has 0 spiro atoms. The number of rotatable bonds is 6. The third kappa shape index (κ3) is 3.28. The largest absolute Gasteiger partial charge is 0.465 e. The zero-order chi connectivity index (χ0) is 15.9. The van der Waals surface area contributed by atoms with Crippen molar-refractivity contribution in [2.45, 2.75) is 65.1 Å². The Labute approximate surface area is 140 Å². The highest BCUT2D eigenvalue weighted by Crippen LogP contribution is 2.60. The van der Waals surface area contributed by atoms with Gasteiger partial charge in [-0.2, -0.15) is 0 Å². The van der Waals surface area contributed by atoms with Crippen LogP contribution in [0.2, 0.25) is 0 Å². The van der Waals surface area contributed by atoms with Crippen molar-refractivity contribution in [3.8, 4) is 5.75 Å². The van der Waals surface area contributed by atoms with Gasteiger partial charge in [0, 0.05) is 0 Å². The normalized spacial score (nSPS) is 36.2. The van der Waals surface area contributed by atoms with Crippen LogP contribution in [-0.2, 0) is 11.2 Å². The van der Waals surface area contributed by atoms with Crippen LogP contribution in [0.25, 0.3) is 0 Å². The number of hydrogen-bond donors (Lipinski definition) is 0. The van der Waals surface area contributed by atoms with Gasteiger partial charge in [-0.15, -0.1) is 0 Å². The first kappa shape index (κ1) is 15.5. The molecule has 0 aromatic heterocycles. The summed E-state index contributed by atoms with van der Waals surface area (Å²) in [6, 6.07) is 8.40. The maximum atomic E-state index is 6.17. The summed E-state index contributed by atoms with van der Waals surface area (Å²) in [6.45, 7) is 5.10. The minimum atomic E-state index is -0.157. The average molecular weight is 314 g/mol. The molecule has 0 aliphatic heterocycles. The lowest BCUT2D eigenvalue weighted by molar-refractivity contribution is -0.146. The minimum absolute atomic E-state index is 0.157. The van der Waals surface area contributed by atoms with Gasteiger partial charge in [-0.05, 0) is 92.7 Å². The Hall–Kier alpha value is -1.02. The summed E-state index contributed by atoms with van der Waals surface area (Å²) >= 11 is 0. The lowest BCUT2D eigenvalue weighted by Gasteiger charge is -2.56. The first-order valence-corrected chi connectivity index (χ1v) is 9.51. The molecule has 0 radical (unpaired) electrons. The third-order valence-corrected chi connectivity index (χ3v) is 6.42. The molecule has 2 nitrogen and oxygen atoms in total. The molecule has 4 aliphatic carbocycles. The van der Waals surface area contributed by atoms with Crippen molar-refractivity contribution in [3.05, 3.63) is 29.8 Å². The molecule has 0 amide bonds. The van der Waals surface area contributed by atoms with Crippen molar-refractivity contribution in [1.82, 2.24) is 0 Å². The Kier molecular flexibility index (Phi) is 4.13. The standard InChI is InChI=1S/C21H30O2/c1-3-16-4-6-20(7-5-16)23-15(2)22-14-21-11-17-8-18(12-21)10-19(9-17)13-21/h4-7,15,17-19H,3,8-14H2,1-2H3. The first-order valence-electron chi connectivity index (χ1n) is 9.51. The lowest BCUT2D eigenvalue weighted by atomic mass is 9.50. The quantitative estimate of drug-likeness (QED) is 0.671. The molecule has 4 saturated carbocycles. The molecule has 5 rings (SSSR count). The second-order valence-corrected chi connectivity index (χ2v) is 8.41. The minimum Gasteiger partial charge on any atom is -0.465 e. The number of aryl methyl sites for hydroxylation is 1. The predicted octanol–water partition coefficient (Wildman–Crippen LogP) is 5.21. The van der Waals surface area contributed by atoms with Crippen molar-refractivity contribution in [2.75, 3.05) is 6.61 Å². The van der Waals surface area contributed by atoms with Crippen LogP contribution in [0.5, 0.6) is 5.75 Å². The van der Waals surface area contributed by atoms with E-state index in [-0.39, 0.29) is 6.29 Å². The molecule has 4 fully saturated rings. The van der Waals surface area contributed by atoms with Gasteiger partial charge < -0.3 is 9.47 Å². The van der Waals surface area contributed by atoms with Crippen LogP contribution in [-0.4, -0.2) is 12.9 Å². The molecule has 1 atom stereocenters. The van der Waals surface area contributed by atoms with Crippen LogP contribution in [0.15, 0.2) is 24.3 Å². The van der Waals surface area contributed by atoms with Gasteiger partial charge >= 0.3 is 0 Å². The molecule has 1 aromatic carbocycles. The third-order valence-electron chi connectivity index (χ3n) is 6.42. The van der Waals surface area contributed by atoms with E-state index in [0.717, 1.165) is 36.5 Å². The average Bonchev–Trinajstić information content (AvgIpc) is 2.53. The van der Waals surface area contributed by atoms with Crippen LogP contribution >= 0.6 is 0 Å². The maximum Gasteiger partial charge on any atom is 0.196 e. The Balaban J connectivity index is 1.31. The first-order chi connectivity index (χ1) is 11.1. The summed E-state index contributed by atoms with van der Waals surface area (Å²) in [7, 11) is 0. The van der Waals surface area contributed by atoms with Crippen LogP contribution in [0, 0.1) is 23.2 Å². The topological polar surface area (TPSA) is 18.5 Å². The van der Waals surface area contributed by atoms with Gasteiger partial charge in [-0.25, -0.2) is 0 Å². The Morgan fingerprint density at radius 2 is 1.57 bits per heavy atom. The van der Waals surface area contributed by atoms with Crippen LogP contribution in [0.1, 0.15) is 57.9 Å². The van der Waals surface area contributed by atoms with Gasteiger partial charge in [0.15, 0.2) is 6.29 Å². The molecule has 4 aliphatic rings. The van der Waals surface area contributed by atoms with Crippen molar-refractivity contribution in [2.24, 2.45) is 23.2 Å². The molecular formula is C21H30O2. The van der Waals surface area contributed by atoms with Gasteiger partial charge in [0.1, 0.15) is 5.75 Å². The summed E-state index contributed by atoms with van der Waals surface area (Å²) in [5, 5.41) is 0. The van der Waals surface area contributed by atoms with Gasteiger partial charge in [0.05, 0.1) is 6.61 Å². The summed E-state index contributed by atoms with van der Waals surface area (Å²) < 4.78 is 12.1. The second-order valence-electron chi connectivity index (χ2n) is 8.41. The Morgan fingerprint density at radius 1 is 1.00 bits per heavy atom. The van der Waals surface area contributed by atoms with Crippen LogP contribution in [0.4, 0.5) is 0 Å². The van der Waals surface area contributed by atoms with E-state index in [1.807, 2.05) is 6.92 Å². The summed E-state index contributed by atoms with van der Waals surface area (Å²) in [4.78, 5) is 0. The van der Waals surface area contributed by atoms with E-state index in [1.165, 1.54) is 44.1 Å². The van der Waals surface area contributed by atoms with E-state index in [1.54, 1.807) is 0 Å². The molecule has 0 saturated heterocycles. The molecular weight excluding hydrogens is 284 g/mol. The zero-order valence-corrected chi connectivity index (χ0v) is 14.6. The van der Waals surface area contributed by atoms with Crippen LogP contribution in [0.3, 0.4) is 0 Å². The van der Waals surface area contributed by atoms with Crippen molar-refractivity contribution in [3.63, 3.8) is 0 Å². The molecule has 1 aromatic rings. The van der Waals surface area contributed by atoms with Crippen molar-refractivity contribution >= 4 is 0 Å². The van der Waals surface area contributed by atoms with Gasteiger partial charge in [0.2, 0.25) is 0 Å². The monoisotopic (exact) mass is 314 g/mol. The van der Waals surface area contributed by atoms with E-state index in [0.29, 0.717) is 5.41 Å². The molecule has 0 N–H and O–H groups in total. The number of hydrogen-bond acceptors (Lipinski definition) is 2. The van der Waals surface area contributed by atoms with Gasteiger partial charge in [-0.3, -0.25) is 0 Å². The fourth-order valence-electron chi connectivity index (χ4n) is 5.79. The van der Waals surface area contributed by atoms with E-state index < -0.39 is 0 Å². The SMILES string of the molecule is CCc1ccc(OC(C)OCC23CC4CC(CC(C4)C2)C3)cc1. The predicted molar refractivity (Wildman–Crippen MR) is 92.5 cm³/mol. The Morgan fingerprint density at radius 3 is 2.09 bits per heavy atom. The van der Waals surface area contributed by atoms with E-state index in [4.69, 9.17) is 9.47 Å². The van der Waals surface area contributed by atoms with E-state index in [2.05, 4.69) is 31.2 Å². The smallest absolute Gasteiger partial charge is 0.196 e. The molecule has 0 heterocycles. The van der Waals surface area contributed by atoms with Crippen molar-refractivity contribution in [1.29, 1.82) is 0 Å². The highest BCUT2D eigenvalue weighted by atomic mass is 16.7. The highest BCUT2D eigenvalue weighted by Gasteiger charge is 2.51. The fraction of sp³-hybridized carbons (Fsp3) is 0.714. The fourth-order valence-corrected chi connectivity index (χ4v) is 5.79. The van der Waals surface area contributed by atoms with Crippen molar-refractivity contribution < 1.29 is 9.47 Å². The number of ether oxygens (including phenoxy) is 2. The van der Waals surface area contributed by atoms with Gasteiger partial charge in [-0.1, -0.05) is 19.1 Å².